The molecule has 2 heterocycles. The van der Waals surface area contributed by atoms with Crippen molar-refractivity contribution in [3.05, 3.63) is 15.8 Å². The first-order chi connectivity index (χ1) is 9.43. The van der Waals surface area contributed by atoms with Crippen molar-refractivity contribution in [2.24, 2.45) is 0 Å². The summed E-state index contributed by atoms with van der Waals surface area (Å²) in [6.07, 6.45) is 0. The topological polar surface area (TPSA) is 49.4 Å². The first-order valence-corrected chi connectivity index (χ1v) is 10.3. The van der Waals surface area contributed by atoms with Crippen molar-refractivity contribution < 1.29 is 8.42 Å². The fourth-order valence-corrected chi connectivity index (χ4v) is 6.46. The number of hydrogen-bond donors (Lipinski definition) is 1. The third-order valence-corrected chi connectivity index (χ3v) is 7.53. The van der Waals surface area contributed by atoms with Crippen molar-refractivity contribution >= 4 is 33.1 Å². The number of sulfonamides is 1. The predicted molar refractivity (Wildman–Crippen MR) is 87.1 cm³/mol. The lowest BCUT2D eigenvalue weighted by Gasteiger charge is -2.26. The van der Waals surface area contributed by atoms with E-state index in [4.69, 9.17) is 0 Å². The Balaban J connectivity index is 2.28. The molecule has 0 atom stereocenters. The fraction of sp³-hybridized carbons (Fsp3) is 0.692. The van der Waals surface area contributed by atoms with Crippen LogP contribution in [0.2, 0.25) is 0 Å². The zero-order valence-electron chi connectivity index (χ0n) is 12.2. The summed E-state index contributed by atoms with van der Waals surface area (Å²) >= 11 is 3.35. The molecule has 0 saturated carbocycles. The molecule has 1 aromatic rings. The van der Waals surface area contributed by atoms with Crippen LogP contribution in [0.15, 0.2) is 10.3 Å². The average Bonchev–Trinajstić information content (AvgIpc) is 2.79. The molecule has 20 heavy (non-hydrogen) atoms. The zero-order chi connectivity index (χ0) is 14.8. The van der Waals surface area contributed by atoms with Crippen molar-refractivity contribution in [3.8, 4) is 0 Å². The summed E-state index contributed by atoms with van der Waals surface area (Å²) < 4.78 is 27.3. The van der Waals surface area contributed by atoms with Gasteiger partial charge in [0.25, 0.3) is 0 Å². The van der Waals surface area contributed by atoms with Crippen LogP contribution in [0.3, 0.4) is 0 Å². The molecule has 1 aromatic heterocycles. The predicted octanol–water partition coefficient (Wildman–Crippen LogP) is 2.29. The molecule has 4 nitrogen and oxygen atoms in total. The number of thiophene rings is 1. The van der Waals surface area contributed by atoms with Gasteiger partial charge >= 0.3 is 0 Å². The van der Waals surface area contributed by atoms with Crippen LogP contribution in [0.1, 0.15) is 24.3 Å². The molecule has 0 spiro atoms. The van der Waals surface area contributed by atoms with Gasteiger partial charge in [-0.3, -0.25) is 0 Å². The van der Waals surface area contributed by atoms with E-state index in [0.29, 0.717) is 30.6 Å². The van der Waals surface area contributed by atoms with E-state index in [-0.39, 0.29) is 0 Å². The molecule has 0 aliphatic carbocycles. The second kappa shape index (κ2) is 6.79. The number of aryl methyl sites for hydroxylation is 1. The minimum absolute atomic E-state index is 0.347. The van der Waals surface area contributed by atoms with E-state index in [1.54, 1.807) is 4.31 Å². The van der Waals surface area contributed by atoms with Gasteiger partial charge in [-0.05, 0) is 17.9 Å². The average molecular weight is 335 g/mol. The van der Waals surface area contributed by atoms with Crippen LogP contribution in [0.4, 0.5) is 0 Å². The second-order valence-electron chi connectivity index (χ2n) is 5.22. The van der Waals surface area contributed by atoms with E-state index in [2.05, 4.69) is 19.2 Å². The molecule has 0 unspecified atom stereocenters. The molecule has 0 aromatic carbocycles. The number of thioether (sulfide) groups is 1. The standard InChI is InChI=1S/C13H22N2O2S3/c1-10(2)14-8-12-13(11(3)9-19-12)20(16,17)15-4-6-18-7-5-15/h9-10,14H,4-8H2,1-3H3. The molecule has 1 aliphatic heterocycles. The van der Waals surface area contributed by atoms with Crippen molar-refractivity contribution in [1.82, 2.24) is 9.62 Å². The van der Waals surface area contributed by atoms with Gasteiger partial charge in [-0.1, -0.05) is 13.8 Å². The molecule has 7 heteroatoms. The van der Waals surface area contributed by atoms with Crippen molar-refractivity contribution in [2.75, 3.05) is 24.6 Å². The molecule has 2 rings (SSSR count). The van der Waals surface area contributed by atoms with Gasteiger partial charge in [0.05, 0.1) is 0 Å². The maximum atomic E-state index is 12.8. The van der Waals surface area contributed by atoms with Gasteiger partial charge in [0.2, 0.25) is 10.0 Å². The highest BCUT2D eigenvalue weighted by Crippen LogP contribution is 2.30. The van der Waals surface area contributed by atoms with Crippen LogP contribution in [0.25, 0.3) is 0 Å². The Kier molecular flexibility index (Phi) is 5.53. The lowest BCUT2D eigenvalue weighted by atomic mass is 10.3. The van der Waals surface area contributed by atoms with E-state index in [1.165, 1.54) is 11.3 Å². The van der Waals surface area contributed by atoms with Gasteiger partial charge in [0.1, 0.15) is 4.90 Å². The van der Waals surface area contributed by atoms with Crippen molar-refractivity contribution in [2.45, 2.75) is 38.3 Å². The number of rotatable bonds is 5. The minimum Gasteiger partial charge on any atom is -0.310 e. The Morgan fingerprint density at radius 3 is 2.60 bits per heavy atom. The Bertz CT molecular complexity index is 546. The SMILES string of the molecule is Cc1csc(CNC(C)C)c1S(=O)(=O)N1CCSCC1. The smallest absolute Gasteiger partial charge is 0.244 e. The zero-order valence-corrected chi connectivity index (χ0v) is 14.6. The highest BCUT2D eigenvalue weighted by molar-refractivity contribution is 7.99. The molecule has 1 fully saturated rings. The quantitative estimate of drug-likeness (QED) is 0.897. The van der Waals surface area contributed by atoms with Gasteiger partial charge < -0.3 is 5.32 Å². The third-order valence-electron chi connectivity index (χ3n) is 3.23. The Labute approximate surface area is 130 Å². The van der Waals surface area contributed by atoms with Crippen LogP contribution in [0.5, 0.6) is 0 Å². The Morgan fingerprint density at radius 2 is 2.00 bits per heavy atom. The number of hydrogen-bond acceptors (Lipinski definition) is 5. The van der Waals surface area contributed by atoms with Gasteiger partial charge in [-0.2, -0.15) is 16.1 Å². The second-order valence-corrected chi connectivity index (χ2v) is 9.29. The molecule has 1 N–H and O–H groups in total. The van der Waals surface area contributed by atoms with E-state index in [0.717, 1.165) is 21.9 Å². The third kappa shape index (κ3) is 3.57. The maximum Gasteiger partial charge on any atom is 0.244 e. The van der Waals surface area contributed by atoms with E-state index < -0.39 is 10.0 Å². The molecule has 0 bridgehead atoms. The molecule has 1 saturated heterocycles. The van der Waals surface area contributed by atoms with Gasteiger partial charge in [-0.15, -0.1) is 11.3 Å². The van der Waals surface area contributed by atoms with Gasteiger partial charge in [0.15, 0.2) is 0 Å². The first kappa shape index (κ1) is 16.3. The fourth-order valence-electron chi connectivity index (χ4n) is 2.17. The molecule has 0 radical (unpaired) electrons. The summed E-state index contributed by atoms with van der Waals surface area (Å²) in [5.41, 5.74) is 0.869. The van der Waals surface area contributed by atoms with E-state index in [9.17, 15) is 8.42 Å². The first-order valence-electron chi connectivity index (χ1n) is 6.81. The summed E-state index contributed by atoms with van der Waals surface area (Å²) in [5, 5.41) is 5.26. The van der Waals surface area contributed by atoms with Crippen molar-refractivity contribution in [1.29, 1.82) is 0 Å². The van der Waals surface area contributed by atoms with E-state index in [1.807, 2.05) is 24.1 Å². The van der Waals surface area contributed by atoms with Gasteiger partial charge in [-0.25, -0.2) is 8.42 Å². The van der Waals surface area contributed by atoms with Crippen LogP contribution in [0, 0.1) is 6.92 Å². The lowest BCUT2D eigenvalue weighted by Crippen LogP contribution is -2.38. The minimum atomic E-state index is -3.34. The molecule has 0 amide bonds. The van der Waals surface area contributed by atoms with Crippen LogP contribution < -0.4 is 5.32 Å². The van der Waals surface area contributed by atoms with Crippen LogP contribution >= 0.6 is 23.1 Å². The molecule has 1 aliphatic rings. The van der Waals surface area contributed by atoms with Crippen molar-refractivity contribution in [3.63, 3.8) is 0 Å². The summed E-state index contributed by atoms with van der Waals surface area (Å²) in [6, 6.07) is 0.347. The summed E-state index contributed by atoms with van der Waals surface area (Å²) in [5.74, 6) is 1.78. The monoisotopic (exact) mass is 334 g/mol. The lowest BCUT2D eigenvalue weighted by molar-refractivity contribution is 0.442. The molecular formula is C13H22N2O2S3. The number of nitrogens with zero attached hydrogens (tertiary/aromatic N) is 1. The van der Waals surface area contributed by atoms with Crippen LogP contribution in [-0.2, 0) is 16.6 Å². The highest BCUT2D eigenvalue weighted by atomic mass is 32.2. The molecular weight excluding hydrogens is 312 g/mol. The maximum absolute atomic E-state index is 12.8. The number of nitrogens with one attached hydrogen (secondary N) is 1. The molecule has 114 valence electrons. The highest BCUT2D eigenvalue weighted by Gasteiger charge is 2.30. The van der Waals surface area contributed by atoms with Gasteiger partial charge in [0, 0.05) is 42.1 Å². The largest absolute Gasteiger partial charge is 0.310 e. The summed E-state index contributed by atoms with van der Waals surface area (Å²) in [7, 11) is -3.34. The van der Waals surface area contributed by atoms with Crippen LogP contribution in [-0.4, -0.2) is 43.4 Å². The van der Waals surface area contributed by atoms with E-state index >= 15 is 0 Å². The normalized spacial score (nSPS) is 17.8. The Hall–Kier alpha value is -0.0800. The summed E-state index contributed by atoms with van der Waals surface area (Å²) in [6.45, 7) is 7.89. The Morgan fingerprint density at radius 1 is 1.35 bits per heavy atom. The summed E-state index contributed by atoms with van der Waals surface area (Å²) in [4.78, 5) is 1.46.